The predicted octanol–water partition coefficient (Wildman–Crippen LogP) is 2.26. The predicted molar refractivity (Wildman–Crippen MR) is 81.8 cm³/mol. The van der Waals surface area contributed by atoms with Gasteiger partial charge in [-0.25, -0.2) is 0 Å². The summed E-state index contributed by atoms with van der Waals surface area (Å²) in [4.78, 5) is 11.6. The molecule has 0 aliphatic heterocycles. The Labute approximate surface area is 121 Å². The summed E-state index contributed by atoms with van der Waals surface area (Å²) in [5.74, 6) is 0.708. The minimum Gasteiger partial charge on any atom is -0.488 e. The molecule has 0 heterocycles. The van der Waals surface area contributed by atoms with Gasteiger partial charge in [-0.15, -0.1) is 0 Å². The molecule has 0 radical (unpaired) electrons. The molecule has 112 valence electrons. The Balaban J connectivity index is 2.53. The minimum atomic E-state index is -0.836. The SMILES string of the molecule is CC(C)(C)Oc1cccc(CCNC(=O)C(C)(C)N)c1. The zero-order valence-electron chi connectivity index (χ0n) is 13.1. The van der Waals surface area contributed by atoms with Crippen LogP contribution in [0, 0.1) is 0 Å². The van der Waals surface area contributed by atoms with Crippen molar-refractivity contribution in [2.24, 2.45) is 5.73 Å². The Morgan fingerprint density at radius 3 is 2.45 bits per heavy atom. The van der Waals surface area contributed by atoms with Gasteiger partial charge in [0.2, 0.25) is 5.91 Å². The Kier molecular flexibility index (Phi) is 5.17. The molecule has 0 aromatic heterocycles. The summed E-state index contributed by atoms with van der Waals surface area (Å²) in [5.41, 5.74) is 5.80. The summed E-state index contributed by atoms with van der Waals surface area (Å²) in [5, 5.41) is 2.83. The van der Waals surface area contributed by atoms with Crippen molar-refractivity contribution >= 4 is 5.91 Å². The normalized spacial score (nSPS) is 12.1. The number of hydrogen-bond acceptors (Lipinski definition) is 3. The van der Waals surface area contributed by atoms with Crippen LogP contribution < -0.4 is 15.8 Å². The van der Waals surface area contributed by atoms with Gasteiger partial charge in [0.15, 0.2) is 0 Å². The molecular formula is C16H26N2O2. The highest BCUT2D eigenvalue weighted by atomic mass is 16.5. The molecule has 1 amide bonds. The number of carbonyl (C=O) groups is 1. The maximum absolute atomic E-state index is 11.6. The van der Waals surface area contributed by atoms with E-state index in [9.17, 15) is 4.79 Å². The van der Waals surface area contributed by atoms with Crippen LogP contribution in [-0.4, -0.2) is 23.6 Å². The molecule has 0 atom stereocenters. The third kappa shape index (κ3) is 6.06. The van der Waals surface area contributed by atoms with E-state index in [0.29, 0.717) is 6.54 Å². The van der Waals surface area contributed by atoms with Crippen molar-refractivity contribution in [1.82, 2.24) is 5.32 Å². The van der Waals surface area contributed by atoms with E-state index in [4.69, 9.17) is 10.5 Å². The second-order valence-corrected chi connectivity index (χ2v) is 6.59. The van der Waals surface area contributed by atoms with Gasteiger partial charge < -0.3 is 15.8 Å². The Morgan fingerprint density at radius 2 is 1.90 bits per heavy atom. The molecule has 0 saturated carbocycles. The largest absolute Gasteiger partial charge is 0.488 e. The summed E-state index contributed by atoms with van der Waals surface area (Å²) < 4.78 is 5.82. The van der Waals surface area contributed by atoms with Crippen LogP contribution in [-0.2, 0) is 11.2 Å². The summed E-state index contributed by atoms with van der Waals surface area (Å²) in [6, 6.07) is 7.93. The summed E-state index contributed by atoms with van der Waals surface area (Å²) in [6.07, 6.45) is 0.753. The maximum atomic E-state index is 11.6. The molecule has 0 aliphatic carbocycles. The molecule has 0 fully saturated rings. The molecule has 1 rings (SSSR count). The molecule has 0 spiro atoms. The molecule has 0 aliphatic rings. The van der Waals surface area contributed by atoms with Crippen LogP contribution in [0.4, 0.5) is 0 Å². The molecule has 4 heteroatoms. The van der Waals surface area contributed by atoms with Gasteiger partial charge in [-0.3, -0.25) is 4.79 Å². The van der Waals surface area contributed by atoms with Gasteiger partial charge in [0.1, 0.15) is 11.4 Å². The van der Waals surface area contributed by atoms with Crippen LogP contribution in [0.2, 0.25) is 0 Å². The van der Waals surface area contributed by atoms with Crippen molar-refractivity contribution in [3.63, 3.8) is 0 Å². The number of amides is 1. The Morgan fingerprint density at radius 1 is 1.25 bits per heavy atom. The third-order valence-electron chi connectivity index (χ3n) is 2.61. The fourth-order valence-electron chi connectivity index (χ4n) is 1.67. The van der Waals surface area contributed by atoms with E-state index in [2.05, 4.69) is 5.32 Å². The van der Waals surface area contributed by atoms with Gasteiger partial charge in [-0.05, 0) is 58.7 Å². The van der Waals surface area contributed by atoms with E-state index in [1.807, 2.05) is 45.0 Å². The Hall–Kier alpha value is -1.55. The second-order valence-electron chi connectivity index (χ2n) is 6.59. The molecule has 20 heavy (non-hydrogen) atoms. The van der Waals surface area contributed by atoms with Crippen molar-refractivity contribution in [3.8, 4) is 5.75 Å². The van der Waals surface area contributed by atoms with Crippen LogP contribution in [0.1, 0.15) is 40.2 Å². The fraction of sp³-hybridized carbons (Fsp3) is 0.562. The van der Waals surface area contributed by atoms with Crippen LogP contribution >= 0.6 is 0 Å². The Bertz CT molecular complexity index is 456. The minimum absolute atomic E-state index is 0.139. The first-order chi connectivity index (χ1) is 9.08. The van der Waals surface area contributed by atoms with Crippen molar-refractivity contribution in [2.75, 3.05) is 6.54 Å². The number of nitrogens with two attached hydrogens (primary N) is 1. The summed E-state index contributed by atoms with van der Waals surface area (Å²) >= 11 is 0. The average Bonchev–Trinajstić information content (AvgIpc) is 2.25. The van der Waals surface area contributed by atoms with Crippen molar-refractivity contribution in [3.05, 3.63) is 29.8 Å². The van der Waals surface area contributed by atoms with Crippen LogP contribution in [0.3, 0.4) is 0 Å². The number of hydrogen-bond donors (Lipinski definition) is 2. The fourth-order valence-corrected chi connectivity index (χ4v) is 1.67. The molecule has 4 nitrogen and oxygen atoms in total. The number of benzene rings is 1. The van der Waals surface area contributed by atoms with E-state index in [1.54, 1.807) is 13.8 Å². The lowest BCUT2D eigenvalue weighted by Gasteiger charge is -2.21. The standard InChI is InChI=1S/C16H26N2O2/c1-15(2,3)20-13-8-6-7-12(11-13)9-10-18-14(19)16(4,5)17/h6-8,11H,9-10,17H2,1-5H3,(H,18,19). The lowest BCUT2D eigenvalue weighted by atomic mass is 10.1. The van der Waals surface area contributed by atoms with Crippen LogP contribution in [0.5, 0.6) is 5.75 Å². The first kappa shape index (κ1) is 16.5. The van der Waals surface area contributed by atoms with Gasteiger partial charge in [-0.2, -0.15) is 0 Å². The summed E-state index contributed by atoms with van der Waals surface area (Å²) in [6.45, 7) is 10.0. The van der Waals surface area contributed by atoms with Gasteiger partial charge in [0.05, 0.1) is 5.54 Å². The number of ether oxygens (including phenoxy) is 1. The van der Waals surface area contributed by atoms with Gasteiger partial charge in [0, 0.05) is 6.54 Å². The van der Waals surface area contributed by atoms with E-state index in [0.717, 1.165) is 17.7 Å². The average molecular weight is 278 g/mol. The van der Waals surface area contributed by atoms with Crippen molar-refractivity contribution in [2.45, 2.75) is 52.2 Å². The molecule has 3 N–H and O–H groups in total. The lowest BCUT2D eigenvalue weighted by molar-refractivity contribution is -0.125. The highest BCUT2D eigenvalue weighted by molar-refractivity contribution is 5.84. The first-order valence-electron chi connectivity index (χ1n) is 6.93. The highest BCUT2D eigenvalue weighted by Gasteiger charge is 2.20. The van der Waals surface area contributed by atoms with E-state index < -0.39 is 5.54 Å². The molecule has 0 saturated heterocycles. The van der Waals surface area contributed by atoms with Gasteiger partial charge >= 0.3 is 0 Å². The number of nitrogens with one attached hydrogen (secondary N) is 1. The van der Waals surface area contributed by atoms with Crippen molar-refractivity contribution in [1.29, 1.82) is 0 Å². The number of carbonyl (C=O) groups excluding carboxylic acids is 1. The zero-order valence-corrected chi connectivity index (χ0v) is 13.1. The van der Waals surface area contributed by atoms with E-state index in [1.165, 1.54) is 0 Å². The topological polar surface area (TPSA) is 64.3 Å². The molecule has 1 aromatic rings. The van der Waals surface area contributed by atoms with E-state index >= 15 is 0 Å². The zero-order chi connectivity index (χ0) is 15.4. The lowest BCUT2D eigenvalue weighted by Crippen LogP contribution is -2.49. The highest BCUT2D eigenvalue weighted by Crippen LogP contribution is 2.19. The maximum Gasteiger partial charge on any atom is 0.239 e. The monoisotopic (exact) mass is 278 g/mol. The van der Waals surface area contributed by atoms with Gasteiger partial charge in [0.25, 0.3) is 0 Å². The second kappa shape index (κ2) is 6.27. The first-order valence-corrected chi connectivity index (χ1v) is 6.93. The van der Waals surface area contributed by atoms with E-state index in [-0.39, 0.29) is 11.5 Å². The molecule has 0 unspecified atom stereocenters. The molecular weight excluding hydrogens is 252 g/mol. The van der Waals surface area contributed by atoms with Crippen LogP contribution in [0.15, 0.2) is 24.3 Å². The van der Waals surface area contributed by atoms with Crippen molar-refractivity contribution < 1.29 is 9.53 Å². The van der Waals surface area contributed by atoms with Gasteiger partial charge in [-0.1, -0.05) is 12.1 Å². The third-order valence-corrected chi connectivity index (χ3v) is 2.61. The molecule has 1 aromatic carbocycles. The summed E-state index contributed by atoms with van der Waals surface area (Å²) in [7, 11) is 0. The quantitative estimate of drug-likeness (QED) is 0.868. The van der Waals surface area contributed by atoms with Crippen LogP contribution in [0.25, 0.3) is 0 Å². The molecule has 0 bridgehead atoms. The smallest absolute Gasteiger partial charge is 0.239 e. The number of rotatable bonds is 5.